The molecule has 0 amide bonds. The molecule has 0 aromatic heterocycles. The van der Waals surface area contributed by atoms with Crippen LogP contribution in [0.15, 0.2) is 0 Å². The lowest BCUT2D eigenvalue weighted by Crippen LogP contribution is -2.41. The van der Waals surface area contributed by atoms with Gasteiger partial charge < -0.3 is 9.47 Å². The number of hydrogen-bond donors (Lipinski definition) is 0. The summed E-state index contributed by atoms with van der Waals surface area (Å²) in [5, 5.41) is 17.0. The van der Waals surface area contributed by atoms with Crippen molar-refractivity contribution in [3.63, 3.8) is 0 Å². The van der Waals surface area contributed by atoms with Gasteiger partial charge >= 0.3 is 0 Å². The van der Waals surface area contributed by atoms with E-state index in [4.69, 9.17) is 21.3 Å². The molecular formula is C12H19I2N2O2P. The summed E-state index contributed by atoms with van der Waals surface area (Å²) >= 11 is 4.12. The van der Waals surface area contributed by atoms with E-state index in [1.54, 1.807) is 12.5 Å². The first-order valence-electron chi connectivity index (χ1n) is 6.25. The average molecular weight is 509 g/mol. The van der Waals surface area contributed by atoms with Crippen LogP contribution in [0, 0.1) is 33.9 Å². The summed E-state index contributed by atoms with van der Waals surface area (Å²) in [5.74, 6) is 0. The van der Waals surface area contributed by atoms with Gasteiger partial charge in [0.15, 0.2) is 0 Å². The first-order valence-corrected chi connectivity index (χ1v) is 12.3. The van der Waals surface area contributed by atoms with Gasteiger partial charge in [0.05, 0.1) is 1.28 Å². The number of rotatable bonds is 3. The van der Waals surface area contributed by atoms with Crippen molar-refractivity contribution in [1.29, 1.82) is 11.8 Å². The van der Waals surface area contributed by atoms with Crippen molar-refractivity contribution >= 4 is 47.9 Å². The first kappa shape index (κ1) is 17.5. The minimum atomic E-state index is -0.430. The van der Waals surface area contributed by atoms with Gasteiger partial charge in [-0.25, -0.2) is 0 Å². The molecule has 0 aromatic carbocycles. The molecule has 1 saturated carbocycles. The van der Waals surface area contributed by atoms with Crippen LogP contribution in [-0.2, 0) is 9.47 Å². The molecule has 2 unspecified atom stereocenters. The predicted octanol–water partition coefficient (Wildman–Crippen LogP) is 4.93. The third-order valence-electron chi connectivity index (χ3n) is 3.11. The summed E-state index contributed by atoms with van der Waals surface area (Å²) in [6.07, 6.45) is 6.04. The number of nitrogens with zero attached hydrogens (tertiary/aromatic N) is 2. The van der Waals surface area contributed by atoms with E-state index in [9.17, 15) is 0 Å². The van der Waals surface area contributed by atoms with Crippen LogP contribution in [0.3, 0.4) is 0 Å². The molecule has 2 atom stereocenters. The van der Waals surface area contributed by atoms with E-state index in [1.807, 2.05) is 0 Å². The molecule has 7 heteroatoms. The van der Waals surface area contributed by atoms with E-state index in [2.05, 4.69) is 64.9 Å². The lowest BCUT2D eigenvalue weighted by molar-refractivity contribution is -0.0364. The Hall–Kier alpha value is 0.470. The molecule has 19 heavy (non-hydrogen) atoms. The van der Waals surface area contributed by atoms with E-state index in [-0.39, 0.29) is 16.9 Å². The van der Waals surface area contributed by atoms with Crippen LogP contribution in [0.2, 0.25) is 0 Å². The maximum Gasteiger partial charge on any atom is 0.286 e. The van der Waals surface area contributed by atoms with Gasteiger partial charge in [0.2, 0.25) is 0 Å². The Morgan fingerprint density at radius 3 is 2.37 bits per heavy atom. The number of ether oxygens (including phenoxy) is 2. The molecule has 0 aliphatic heterocycles. The van der Waals surface area contributed by atoms with Crippen LogP contribution in [0.4, 0.5) is 0 Å². The van der Waals surface area contributed by atoms with Gasteiger partial charge in [-0.15, -0.1) is 0 Å². The molecule has 0 saturated heterocycles. The number of nitriles is 2. The van der Waals surface area contributed by atoms with Crippen molar-refractivity contribution in [2.24, 2.45) is 10.8 Å². The largest absolute Gasteiger partial charge is 0.427 e. The Morgan fingerprint density at radius 1 is 1.32 bits per heavy atom. The second-order valence-corrected chi connectivity index (χ2v) is 14.4. The highest BCUT2D eigenvalue weighted by Gasteiger charge is 2.42. The zero-order valence-electron chi connectivity index (χ0n) is 12.3. The first-order chi connectivity index (χ1) is 9.14. The third kappa shape index (κ3) is 8.37. The van der Waals surface area contributed by atoms with Gasteiger partial charge in [0, 0.05) is 9.23 Å². The fraction of sp³-hybridized carbons (Fsp3) is 0.833. The Kier molecular flexibility index (Phi) is 8.68. The average Bonchev–Trinajstić information content (AvgIpc) is 2.23. The Bertz CT molecular complexity index is 382. The molecule has 1 aliphatic rings. The van der Waals surface area contributed by atoms with Crippen LogP contribution >= 0.6 is 47.9 Å². The van der Waals surface area contributed by atoms with E-state index in [1.165, 1.54) is 0 Å². The maximum atomic E-state index is 8.58. The summed E-state index contributed by atoms with van der Waals surface area (Å²) in [7, 11) is 0. The highest BCUT2D eigenvalue weighted by Crippen LogP contribution is 2.47. The highest BCUT2D eigenvalue weighted by molar-refractivity contribution is 14.3. The van der Waals surface area contributed by atoms with Crippen LogP contribution in [0.5, 0.6) is 0 Å². The molecule has 1 aliphatic carbocycles. The maximum absolute atomic E-state index is 8.58. The van der Waals surface area contributed by atoms with Crippen LogP contribution in [0.1, 0.15) is 40.0 Å². The van der Waals surface area contributed by atoms with Crippen molar-refractivity contribution in [2.45, 2.75) is 46.1 Å². The number of hydrogen-bond acceptors (Lipinski definition) is 4. The topological polar surface area (TPSA) is 66.0 Å². The zero-order valence-corrected chi connectivity index (χ0v) is 16.5. The minimum Gasteiger partial charge on any atom is -0.427 e. The summed E-state index contributed by atoms with van der Waals surface area (Å²) in [6.45, 7) is 6.80. The summed E-state index contributed by atoms with van der Waals surface area (Å²) in [6, 6.07) is 0. The van der Waals surface area contributed by atoms with Gasteiger partial charge in [0.1, 0.15) is 12.7 Å². The van der Waals surface area contributed by atoms with Gasteiger partial charge in [0.25, 0.3) is 12.5 Å². The summed E-state index contributed by atoms with van der Waals surface area (Å²) < 4.78 is 16.1. The van der Waals surface area contributed by atoms with Crippen molar-refractivity contribution in [2.75, 3.05) is 6.61 Å². The van der Waals surface area contributed by atoms with Gasteiger partial charge in [-0.2, -0.15) is 10.5 Å². The van der Waals surface area contributed by atoms with Crippen LogP contribution in [0.25, 0.3) is 0 Å². The van der Waals surface area contributed by atoms with Crippen LogP contribution in [-0.4, -0.2) is 14.0 Å². The van der Waals surface area contributed by atoms with Crippen molar-refractivity contribution in [3.05, 3.63) is 0 Å². The molecule has 1 rings (SSSR count). The molecule has 4 nitrogen and oxygen atoms in total. The molecule has 0 aromatic rings. The standard InChI is InChI=1S/C12H18N2O2.HI2P/c1-11(2)4-10(16-9-14)5-12(3,6-11)7-15-8-13;1-3-2/h10H,4-7H2,1-3H3;3H/i;3D. The fourth-order valence-electron chi connectivity index (χ4n) is 3.01. The third-order valence-corrected chi connectivity index (χ3v) is 3.11. The normalized spacial score (nSPS) is 29.1. The Morgan fingerprint density at radius 2 is 1.89 bits per heavy atom. The molecular weight excluding hydrogens is 489 g/mol. The second kappa shape index (κ2) is 9.41. The SMILES string of the molecule is CC1(C)CC(OC#N)CC(C)(COC#N)C1.[2H]P(I)I. The molecule has 0 radical (unpaired) electrons. The fourth-order valence-corrected chi connectivity index (χ4v) is 3.01. The molecule has 0 bridgehead atoms. The van der Waals surface area contributed by atoms with Gasteiger partial charge in [-0.1, -0.05) is 20.8 Å². The van der Waals surface area contributed by atoms with E-state index in [0.717, 1.165) is 19.3 Å². The zero-order chi connectivity index (χ0) is 15.8. The molecule has 108 valence electrons. The van der Waals surface area contributed by atoms with Gasteiger partial charge in [-0.05, 0) is 68.8 Å². The Labute approximate surface area is 144 Å². The molecule has 0 spiro atoms. The molecule has 0 N–H and O–H groups in total. The van der Waals surface area contributed by atoms with Crippen molar-refractivity contribution in [3.8, 4) is 12.5 Å². The summed E-state index contributed by atoms with van der Waals surface area (Å²) in [5.41, 5.74) is 0.0341. The predicted molar refractivity (Wildman–Crippen MR) is 94.1 cm³/mol. The van der Waals surface area contributed by atoms with E-state index in [0.29, 0.717) is 6.61 Å². The summed E-state index contributed by atoms with van der Waals surface area (Å²) in [4.78, 5) is 0. The van der Waals surface area contributed by atoms with Crippen LogP contribution < -0.4 is 0 Å². The van der Waals surface area contributed by atoms with E-state index >= 15 is 0 Å². The quantitative estimate of drug-likeness (QED) is 0.308. The molecule has 0 heterocycles. The number of halogens is 2. The van der Waals surface area contributed by atoms with Crippen molar-refractivity contribution < 1.29 is 9.47 Å². The lowest BCUT2D eigenvalue weighted by atomic mass is 9.64. The minimum absolute atomic E-state index is 0.0546. The lowest BCUT2D eigenvalue weighted by Gasteiger charge is -2.44. The smallest absolute Gasteiger partial charge is 0.286 e. The molecule has 1 fully saturated rings. The van der Waals surface area contributed by atoms with E-state index < -0.39 is 3.81 Å². The highest BCUT2D eigenvalue weighted by atomic mass is 127. The second-order valence-electron chi connectivity index (χ2n) is 5.83. The van der Waals surface area contributed by atoms with Gasteiger partial charge in [-0.3, -0.25) is 0 Å². The van der Waals surface area contributed by atoms with Crippen molar-refractivity contribution in [1.82, 2.24) is 0 Å². The monoisotopic (exact) mass is 509 g/mol. The Balaban J connectivity index is 0.000000796.